The van der Waals surface area contributed by atoms with Gasteiger partial charge in [0.15, 0.2) is 0 Å². The van der Waals surface area contributed by atoms with Crippen molar-refractivity contribution in [2.45, 2.75) is 51.8 Å². The monoisotopic (exact) mass is 436 g/mol. The van der Waals surface area contributed by atoms with Crippen LogP contribution in [0, 0.1) is 0 Å². The minimum absolute atomic E-state index is 0.114. The molecular weight excluding hydrogens is 404 g/mol. The maximum atomic E-state index is 12.6. The molecule has 1 aliphatic heterocycles. The second-order valence-corrected chi connectivity index (χ2v) is 9.27. The fourth-order valence-electron chi connectivity index (χ4n) is 4.03. The van der Waals surface area contributed by atoms with Crippen LogP contribution in [0.5, 0.6) is 5.75 Å². The molecule has 1 fully saturated rings. The number of hydrogen-bond donors (Lipinski definition) is 1. The van der Waals surface area contributed by atoms with Gasteiger partial charge in [0, 0.05) is 19.1 Å². The number of ether oxygens (including phenoxy) is 2. The normalized spacial score (nSPS) is 16.8. The summed E-state index contributed by atoms with van der Waals surface area (Å²) in [5.74, 6) is 1.66. The van der Waals surface area contributed by atoms with Gasteiger partial charge in [-0.2, -0.15) is 0 Å². The minimum atomic E-state index is -0.496. The molecule has 2 heterocycles. The van der Waals surface area contributed by atoms with Crippen molar-refractivity contribution in [3.05, 3.63) is 54.1 Å². The molecule has 0 bridgehead atoms. The molecule has 3 aromatic rings. The summed E-state index contributed by atoms with van der Waals surface area (Å²) in [6, 6.07) is 16.4. The third-order valence-corrected chi connectivity index (χ3v) is 5.56. The highest BCUT2D eigenvalue weighted by Gasteiger charge is 2.28. The van der Waals surface area contributed by atoms with Crippen molar-refractivity contribution in [3.63, 3.8) is 0 Å². The number of carbonyl (C=O) groups is 1. The Bertz CT molecular complexity index is 1070. The average Bonchev–Trinajstić information content (AvgIpc) is 3.10. The number of hydrogen-bond acceptors (Lipinski definition) is 5. The predicted molar refractivity (Wildman–Crippen MR) is 126 cm³/mol. The van der Waals surface area contributed by atoms with Gasteiger partial charge in [-0.15, -0.1) is 0 Å². The van der Waals surface area contributed by atoms with Gasteiger partial charge in [-0.25, -0.2) is 9.78 Å². The van der Waals surface area contributed by atoms with Gasteiger partial charge < -0.3 is 24.3 Å². The van der Waals surface area contributed by atoms with Gasteiger partial charge in [-0.3, -0.25) is 0 Å². The first-order valence-corrected chi connectivity index (χ1v) is 11.1. The number of methoxy groups -OCH3 is 1. The standard InChI is InChI=1S/C25H32N4O3/c1-25(2,3)32-24(30)28-15-7-8-19(17-28)26-23-27-21-9-5-6-10-22(21)29(23)16-18-11-13-20(31-4)14-12-18/h5-6,9-14,19H,7-8,15-17H2,1-4H3,(H,26,27)/t19-/m0/s1. The van der Waals surface area contributed by atoms with Crippen LogP contribution in [0.25, 0.3) is 11.0 Å². The van der Waals surface area contributed by atoms with Crippen molar-refractivity contribution in [1.82, 2.24) is 14.5 Å². The highest BCUT2D eigenvalue weighted by molar-refractivity contribution is 5.79. The summed E-state index contributed by atoms with van der Waals surface area (Å²) in [6.45, 7) is 7.69. The number of aromatic nitrogens is 2. The molecule has 7 nitrogen and oxygen atoms in total. The molecular formula is C25H32N4O3. The summed E-state index contributed by atoms with van der Waals surface area (Å²) >= 11 is 0. The molecule has 170 valence electrons. The van der Waals surface area contributed by atoms with Crippen molar-refractivity contribution >= 4 is 23.1 Å². The summed E-state index contributed by atoms with van der Waals surface area (Å²) in [5.41, 5.74) is 2.69. The van der Waals surface area contributed by atoms with Crippen LogP contribution in [-0.4, -0.2) is 52.4 Å². The Morgan fingerprint density at radius 3 is 2.62 bits per heavy atom. The number of fused-ring (bicyclic) bond motifs is 1. The lowest BCUT2D eigenvalue weighted by Gasteiger charge is -2.34. The molecule has 1 aromatic heterocycles. The van der Waals surface area contributed by atoms with Gasteiger partial charge >= 0.3 is 6.09 Å². The molecule has 0 saturated carbocycles. The summed E-state index contributed by atoms with van der Waals surface area (Å²) in [5, 5.41) is 3.61. The van der Waals surface area contributed by atoms with Crippen LogP contribution in [-0.2, 0) is 11.3 Å². The van der Waals surface area contributed by atoms with Crippen LogP contribution < -0.4 is 10.1 Å². The smallest absolute Gasteiger partial charge is 0.410 e. The molecule has 1 N–H and O–H groups in total. The molecule has 0 unspecified atom stereocenters. The first kappa shape index (κ1) is 22.0. The Hall–Kier alpha value is -3.22. The first-order valence-electron chi connectivity index (χ1n) is 11.1. The van der Waals surface area contributed by atoms with E-state index in [9.17, 15) is 4.79 Å². The topological polar surface area (TPSA) is 68.6 Å². The summed E-state index contributed by atoms with van der Waals surface area (Å²) < 4.78 is 13.1. The van der Waals surface area contributed by atoms with Crippen LogP contribution in [0.2, 0.25) is 0 Å². The van der Waals surface area contributed by atoms with E-state index >= 15 is 0 Å². The Labute approximate surface area is 189 Å². The van der Waals surface area contributed by atoms with Crippen molar-refractivity contribution in [2.24, 2.45) is 0 Å². The Balaban J connectivity index is 1.54. The second-order valence-electron chi connectivity index (χ2n) is 9.27. The third-order valence-electron chi connectivity index (χ3n) is 5.56. The molecule has 32 heavy (non-hydrogen) atoms. The largest absolute Gasteiger partial charge is 0.497 e. The number of likely N-dealkylation sites (tertiary alicyclic amines) is 1. The van der Waals surface area contributed by atoms with E-state index in [4.69, 9.17) is 14.5 Å². The minimum Gasteiger partial charge on any atom is -0.497 e. The van der Waals surface area contributed by atoms with Gasteiger partial charge in [0.25, 0.3) is 0 Å². The summed E-state index contributed by atoms with van der Waals surface area (Å²) in [6.07, 6.45) is 1.65. The maximum Gasteiger partial charge on any atom is 0.410 e. The van der Waals surface area contributed by atoms with Gasteiger partial charge in [-0.1, -0.05) is 24.3 Å². The summed E-state index contributed by atoms with van der Waals surface area (Å²) in [7, 11) is 1.67. The van der Waals surface area contributed by atoms with E-state index in [-0.39, 0.29) is 12.1 Å². The quantitative estimate of drug-likeness (QED) is 0.616. The molecule has 2 aromatic carbocycles. The van der Waals surface area contributed by atoms with Gasteiger partial charge in [0.2, 0.25) is 5.95 Å². The zero-order valence-corrected chi connectivity index (χ0v) is 19.3. The van der Waals surface area contributed by atoms with E-state index in [2.05, 4.69) is 28.1 Å². The van der Waals surface area contributed by atoms with Crippen LogP contribution in [0.3, 0.4) is 0 Å². The van der Waals surface area contributed by atoms with Crippen LogP contribution >= 0.6 is 0 Å². The average molecular weight is 437 g/mol. The van der Waals surface area contributed by atoms with Crippen molar-refractivity contribution < 1.29 is 14.3 Å². The fraction of sp³-hybridized carbons (Fsp3) is 0.440. The molecule has 1 atom stereocenters. The highest BCUT2D eigenvalue weighted by atomic mass is 16.6. The lowest BCUT2D eigenvalue weighted by Crippen LogP contribution is -2.47. The third kappa shape index (κ3) is 5.15. The SMILES string of the molecule is COc1ccc(Cn2c(N[C@H]3CCCN(C(=O)OC(C)(C)C)C3)nc3ccccc32)cc1. The molecule has 4 rings (SSSR count). The number of imidazole rings is 1. The first-order chi connectivity index (χ1) is 15.3. The van der Waals surface area contributed by atoms with E-state index in [1.807, 2.05) is 51.1 Å². The van der Waals surface area contributed by atoms with Crippen LogP contribution in [0.4, 0.5) is 10.7 Å². The number of anilines is 1. The van der Waals surface area contributed by atoms with E-state index < -0.39 is 5.60 Å². The number of nitrogens with one attached hydrogen (secondary N) is 1. The molecule has 0 radical (unpaired) electrons. The molecule has 0 spiro atoms. The Morgan fingerprint density at radius 2 is 1.91 bits per heavy atom. The lowest BCUT2D eigenvalue weighted by molar-refractivity contribution is 0.0206. The van der Waals surface area contributed by atoms with E-state index in [1.54, 1.807) is 12.0 Å². The summed E-state index contributed by atoms with van der Waals surface area (Å²) in [4.78, 5) is 19.2. The predicted octanol–water partition coefficient (Wildman–Crippen LogP) is 4.90. The Morgan fingerprint density at radius 1 is 1.16 bits per heavy atom. The van der Waals surface area contributed by atoms with E-state index in [0.29, 0.717) is 13.1 Å². The highest BCUT2D eigenvalue weighted by Crippen LogP contribution is 2.25. The molecule has 1 aliphatic rings. The van der Waals surface area contributed by atoms with Gasteiger partial charge in [0.05, 0.1) is 24.7 Å². The van der Waals surface area contributed by atoms with E-state index in [1.165, 1.54) is 0 Å². The van der Waals surface area contributed by atoms with Crippen LogP contribution in [0.15, 0.2) is 48.5 Å². The van der Waals surface area contributed by atoms with Crippen molar-refractivity contribution in [2.75, 3.05) is 25.5 Å². The Kier molecular flexibility index (Phi) is 6.26. The number of amides is 1. The van der Waals surface area contributed by atoms with Crippen LogP contribution in [0.1, 0.15) is 39.2 Å². The van der Waals surface area contributed by atoms with E-state index in [0.717, 1.165) is 47.7 Å². The number of benzene rings is 2. The number of rotatable bonds is 5. The van der Waals surface area contributed by atoms with Gasteiger partial charge in [0.1, 0.15) is 11.4 Å². The molecule has 1 amide bonds. The number of carbonyl (C=O) groups excluding carboxylic acids is 1. The lowest BCUT2D eigenvalue weighted by atomic mass is 10.1. The molecule has 7 heteroatoms. The molecule has 0 aliphatic carbocycles. The maximum absolute atomic E-state index is 12.6. The number of para-hydroxylation sites is 2. The zero-order chi connectivity index (χ0) is 22.7. The second kappa shape index (κ2) is 9.10. The van der Waals surface area contributed by atoms with Gasteiger partial charge in [-0.05, 0) is 63.4 Å². The van der Waals surface area contributed by atoms with Crippen molar-refractivity contribution in [1.29, 1.82) is 0 Å². The van der Waals surface area contributed by atoms with Crippen molar-refractivity contribution in [3.8, 4) is 5.75 Å². The number of piperidine rings is 1. The fourth-order valence-corrected chi connectivity index (χ4v) is 4.03. The molecule has 1 saturated heterocycles. The zero-order valence-electron chi connectivity index (χ0n) is 19.3. The number of nitrogens with zero attached hydrogens (tertiary/aromatic N) is 3.